The highest BCUT2D eigenvalue weighted by Crippen LogP contribution is 2.59. The maximum Gasteiger partial charge on any atom is 0.492 e. The standard InChI is InChI=1S/C18H23O3PS/c1-2-3-4-11-16-23-22(19,20-17-12-7-5-8-13-17)21-18-14-9-6-10-15-18/h5-10,12-15H,2-4,11,16H2,1H3. The lowest BCUT2D eigenvalue weighted by atomic mass is 10.2. The summed E-state index contributed by atoms with van der Waals surface area (Å²) in [5.41, 5.74) is 0. The van der Waals surface area contributed by atoms with Crippen molar-refractivity contribution < 1.29 is 13.6 Å². The fourth-order valence-corrected chi connectivity index (χ4v) is 5.35. The Morgan fingerprint density at radius 2 is 1.35 bits per heavy atom. The van der Waals surface area contributed by atoms with Crippen molar-refractivity contribution in [1.82, 2.24) is 0 Å². The van der Waals surface area contributed by atoms with E-state index in [0.29, 0.717) is 11.5 Å². The summed E-state index contributed by atoms with van der Waals surface area (Å²) in [7, 11) is 0. The van der Waals surface area contributed by atoms with Crippen LogP contribution >= 0.6 is 18.2 Å². The van der Waals surface area contributed by atoms with E-state index < -0.39 is 6.80 Å². The van der Waals surface area contributed by atoms with Crippen LogP contribution in [0.1, 0.15) is 32.6 Å². The summed E-state index contributed by atoms with van der Waals surface area (Å²) < 4.78 is 24.5. The van der Waals surface area contributed by atoms with Crippen LogP contribution < -0.4 is 9.05 Å². The number of hydrogen-bond acceptors (Lipinski definition) is 4. The Kier molecular flexibility index (Phi) is 7.57. The molecule has 0 bridgehead atoms. The van der Waals surface area contributed by atoms with Crippen LogP contribution in [0.3, 0.4) is 0 Å². The highest BCUT2D eigenvalue weighted by molar-refractivity contribution is 8.55. The fraction of sp³-hybridized carbons (Fsp3) is 0.333. The predicted molar refractivity (Wildman–Crippen MR) is 98.3 cm³/mol. The number of hydrogen-bond donors (Lipinski definition) is 0. The molecule has 3 nitrogen and oxygen atoms in total. The van der Waals surface area contributed by atoms with Gasteiger partial charge in [0.1, 0.15) is 11.5 Å². The molecule has 0 aliphatic rings. The van der Waals surface area contributed by atoms with Crippen LogP contribution in [-0.2, 0) is 4.57 Å². The summed E-state index contributed by atoms with van der Waals surface area (Å²) in [6.07, 6.45) is 4.53. The monoisotopic (exact) mass is 350 g/mol. The van der Waals surface area contributed by atoms with Crippen molar-refractivity contribution in [3.63, 3.8) is 0 Å². The van der Waals surface area contributed by atoms with Crippen molar-refractivity contribution >= 4 is 18.2 Å². The van der Waals surface area contributed by atoms with Gasteiger partial charge in [-0.15, -0.1) is 0 Å². The second-order valence-electron chi connectivity index (χ2n) is 5.15. The van der Waals surface area contributed by atoms with Crippen molar-refractivity contribution in [3.8, 4) is 11.5 Å². The first kappa shape index (κ1) is 18.0. The molecule has 0 fully saturated rings. The lowest BCUT2D eigenvalue weighted by Gasteiger charge is -2.19. The van der Waals surface area contributed by atoms with Gasteiger partial charge in [-0.3, -0.25) is 0 Å². The third-order valence-corrected chi connectivity index (χ3v) is 6.77. The molecule has 0 amide bonds. The summed E-state index contributed by atoms with van der Waals surface area (Å²) in [4.78, 5) is 0. The molecule has 2 aromatic carbocycles. The Morgan fingerprint density at radius 3 is 1.83 bits per heavy atom. The van der Waals surface area contributed by atoms with Gasteiger partial charge in [0.2, 0.25) is 0 Å². The van der Waals surface area contributed by atoms with Gasteiger partial charge in [-0.05, 0) is 42.1 Å². The molecule has 2 aromatic rings. The molecule has 0 atom stereocenters. The van der Waals surface area contributed by atoms with Crippen molar-refractivity contribution in [2.75, 3.05) is 5.75 Å². The van der Waals surface area contributed by atoms with Crippen molar-refractivity contribution in [2.24, 2.45) is 0 Å². The maximum atomic E-state index is 13.1. The summed E-state index contributed by atoms with van der Waals surface area (Å²) in [6, 6.07) is 18.4. The van der Waals surface area contributed by atoms with E-state index in [1.165, 1.54) is 24.2 Å². The summed E-state index contributed by atoms with van der Waals surface area (Å²) in [6.45, 7) is -1.12. The van der Waals surface area contributed by atoms with Crippen LogP contribution in [0, 0.1) is 0 Å². The van der Waals surface area contributed by atoms with Gasteiger partial charge >= 0.3 is 6.80 Å². The third kappa shape index (κ3) is 6.72. The molecule has 0 spiro atoms. The topological polar surface area (TPSA) is 35.5 Å². The minimum absolute atomic E-state index is 0.563. The van der Waals surface area contributed by atoms with Crippen LogP contribution in [0.2, 0.25) is 0 Å². The minimum Gasteiger partial charge on any atom is -0.408 e. The minimum atomic E-state index is -3.30. The molecule has 5 heteroatoms. The van der Waals surface area contributed by atoms with Crippen LogP contribution in [-0.4, -0.2) is 5.75 Å². The zero-order valence-electron chi connectivity index (χ0n) is 13.4. The average molecular weight is 350 g/mol. The lowest BCUT2D eigenvalue weighted by molar-refractivity contribution is 0.408. The largest absolute Gasteiger partial charge is 0.492 e. The molecule has 0 saturated heterocycles. The highest BCUT2D eigenvalue weighted by atomic mass is 32.7. The zero-order valence-corrected chi connectivity index (χ0v) is 15.1. The normalized spacial score (nSPS) is 11.2. The maximum absolute atomic E-state index is 13.1. The van der Waals surface area contributed by atoms with E-state index in [1.54, 1.807) is 24.3 Å². The first-order chi connectivity index (χ1) is 11.2. The van der Waals surface area contributed by atoms with E-state index in [9.17, 15) is 4.57 Å². The summed E-state index contributed by atoms with van der Waals surface area (Å²) in [5, 5.41) is 0. The SMILES string of the molecule is CCCCCCSP(=O)(Oc1ccccc1)Oc1ccccc1. The van der Waals surface area contributed by atoms with Gasteiger partial charge in [-0.1, -0.05) is 62.6 Å². The van der Waals surface area contributed by atoms with E-state index in [4.69, 9.17) is 9.05 Å². The first-order valence-corrected chi connectivity index (χ1v) is 11.1. The van der Waals surface area contributed by atoms with Gasteiger partial charge in [0.15, 0.2) is 0 Å². The van der Waals surface area contributed by atoms with Crippen molar-refractivity contribution in [1.29, 1.82) is 0 Å². The Bertz CT molecular complexity index is 559. The lowest BCUT2D eigenvalue weighted by Crippen LogP contribution is -1.99. The van der Waals surface area contributed by atoms with E-state index in [1.807, 2.05) is 36.4 Å². The molecule has 0 aliphatic heterocycles. The van der Waals surface area contributed by atoms with Gasteiger partial charge in [0, 0.05) is 5.75 Å². The Labute approximate surface area is 142 Å². The zero-order chi connectivity index (χ0) is 16.4. The Balaban J connectivity index is 2.02. The highest BCUT2D eigenvalue weighted by Gasteiger charge is 2.29. The molecule has 0 N–H and O–H groups in total. The molecule has 0 unspecified atom stereocenters. The number of para-hydroxylation sites is 2. The van der Waals surface area contributed by atoms with Crippen LogP contribution in [0.5, 0.6) is 11.5 Å². The molecule has 124 valence electrons. The molecule has 0 radical (unpaired) electrons. The fourth-order valence-electron chi connectivity index (χ4n) is 2.00. The average Bonchev–Trinajstić information content (AvgIpc) is 2.56. The van der Waals surface area contributed by atoms with Crippen LogP contribution in [0.15, 0.2) is 60.7 Å². The van der Waals surface area contributed by atoms with Gasteiger partial charge in [-0.2, -0.15) is 0 Å². The van der Waals surface area contributed by atoms with Crippen molar-refractivity contribution in [3.05, 3.63) is 60.7 Å². The van der Waals surface area contributed by atoms with E-state index >= 15 is 0 Å². The summed E-state index contributed by atoms with van der Waals surface area (Å²) >= 11 is 1.28. The number of benzene rings is 2. The number of rotatable bonds is 10. The molecule has 0 saturated carbocycles. The second kappa shape index (κ2) is 9.69. The molecule has 0 aliphatic carbocycles. The molecule has 0 heterocycles. The predicted octanol–water partition coefficient (Wildman–Crippen LogP) is 6.57. The van der Waals surface area contributed by atoms with Crippen LogP contribution in [0.25, 0.3) is 0 Å². The Morgan fingerprint density at radius 1 is 0.826 bits per heavy atom. The Hall–Kier alpha value is -1.38. The summed E-state index contributed by atoms with van der Waals surface area (Å²) in [5.74, 6) is 1.89. The molecular formula is C18H23O3PS. The van der Waals surface area contributed by atoms with Gasteiger partial charge in [0.25, 0.3) is 0 Å². The number of unbranched alkanes of at least 4 members (excludes halogenated alkanes) is 3. The first-order valence-electron chi connectivity index (χ1n) is 7.96. The second-order valence-corrected chi connectivity index (χ2v) is 9.19. The molecule has 23 heavy (non-hydrogen) atoms. The van der Waals surface area contributed by atoms with Gasteiger partial charge < -0.3 is 9.05 Å². The quantitative estimate of drug-likeness (QED) is 0.359. The smallest absolute Gasteiger partial charge is 0.408 e. The van der Waals surface area contributed by atoms with Crippen LogP contribution in [0.4, 0.5) is 0 Å². The van der Waals surface area contributed by atoms with E-state index in [-0.39, 0.29) is 0 Å². The molecular weight excluding hydrogens is 327 g/mol. The van der Waals surface area contributed by atoms with Gasteiger partial charge in [-0.25, -0.2) is 4.57 Å². The molecule has 2 rings (SSSR count). The molecule has 0 aromatic heterocycles. The van der Waals surface area contributed by atoms with Gasteiger partial charge in [0.05, 0.1) is 0 Å². The van der Waals surface area contributed by atoms with E-state index in [0.717, 1.165) is 18.6 Å². The van der Waals surface area contributed by atoms with Crippen molar-refractivity contribution in [2.45, 2.75) is 32.6 Å². The third-order valence-electron chi connectivity index (χ3n) is 3.17. The van der Waals surface area contributed by atoms with E-state index in [2.05, 4.69) is 6.92 Å².